The van der Waals surface area contributed by atoms with Crippen molar-refractivity contribution in [1.29, 1.82) is 0 Å². The molecule has 6 nitrogen and oxygen atoms in total. The Balaban J connectivity index is 1.23. The molecule has 4 aromatic carbocycles. The standard InChI is InChI=1S/C36H35NO5S2/c38-35(37-44(39,40)36-21-11-25-43-36)23-22-29-15-7-8-20-33(29)31-18-9-19-32(26-31)42-27-34(30-16-5-2-6-17-30)41-24-10-14-28-12-3-1-4-13-28/h1-9,11-13,15-21,25-26,34H,10,14,22-24,27H2,(H,37,38)/p-1. The van der Waals surface area contributed by atoms with E-state index in [0.717, 1.165) is 46.4 Å². The first kappa shape index (κ1) is 31.2. The molecule has 5 rings (SSSR count). The van der Waals surface area contributed by atoms with Crippen LogP contribution in [0.1, 0.15) is 35.6 Å². The summed E-state index contributed by atoms with van der Waals surface area (Å²) in [6, 6.07) is 39.2. The second kappa shape index (κ2) is 15.5. The van der Waals surface area contributed by atoms with E-state index in [9.17, 15) is 13.5 Å². The molecule has 0 bridgehead atoms. The van der Waals surface area contributed by atoms with Crippen molar-refractivity contribution in [2.75, 3.05) is 13.2 Å². The maximum atomic E-state index is 12.5. The average Bonchev–Trinajstić information content (AvgIpc) is 3.61. The third-order valence-electron chi connectivity index (χ3n) is 7.09. The lowest BCUT2D eigenvalue weighted by atomic mass is 9.96. The smallest absolute Gasteiger partial charge is 0.290 e. The van der Waals surface area contributed by atoms with Gasteiger partial charge in [0.15, 0.2) is 0 Å². The molecule has 0 saturated carbocycles. The van der Waals surface area contributed by atoms with Crippen molar-refractivity contribution in [3.63, 3.8) is 0 Å². The number of hydrogen-bond acceptors (Lipinski definition) is 6. The number of thiophene rings is 1. The third kappa shape index (κ3) is 8.89. The van der Waals surface area contributed by atoms with Crippen LogP contribution in [-0.2, 0) is 27.6 Å². The highest BCUT2D eigenvalue weighted by molar-refractivity contribution is 7.92. The normalized spacial score (nSPS) is 12.6. The zero-order chi connectivity index (χ0) is 30.6. The summed E-state index contributed by atoms with van der Waals surface area (Å²) in [5.74, 6) is 0.0419. The summed E-state index contributed by atoms with van der Waals surface area (Å²) in [5.41, 5.74) is 5.16. The minimum absolute atomic E-state index is 0.0157. The quantitative estimate of drug-likeness (QED) is 0.0695. The van der Waals surface area contributed by atoms with E-state index < -0.39 is 15.9 Å². The first-order chi connectivity index (χ1) is 21.5. The van der Waals surface area contributed by atoms with Crippen LogP contribution < -0.4 is 9.84 Å². The fraction of sp³-hybridized carbons (Fsp3) is 0.194. The zero-order valence-corrected chi connectivity index (χ0v) is 25.9. The SMILES string of the molecule is O=S(=O)(/N=C(\[O-])CCc1ccccc1-c1cccc(OCC(OCCCc2ccccc2)c2ccccc2)c1)c1cccs1. The van der Waals surface area contributed by atoms with Gasteiger partial charge in [-0.05, 0) is 83.0 Å². The predicted octanol–water partition coefficient (Wildman–Crippen LogP) is 7.26. The molecule has 5 aromatic rings. The summed E-state index contributed by atoms with van der Waals surface area (Å²) in [7, 11) is -3.98. The van der Waals surface area contributed by atoms with E-state index in [0.29, 0.717) is 25.4 Å². The van der Waals surface area contributed by atoms with Gasteiger partial charge in [0.1, 0.15) is 22.7 Å². The van der Waals surface area contributed by atoms with E-state index in [-0.39, 0.29) is 16.7 Å². The first-order valence-corrected chi connectivity index (χ1v) is 16.9. The predicted molar refractivity (Wildman–Crippen MR) is 175 cm³/mol. The van der Waals surface area contributed by atoms with Crippen LogP contribution in [0.4, 0.5) is 0 Å². The molecule has 0 radical (unpaired) electrons. The molecule has 44 heavy (non-hydrogen) atoms. The number of benzene rings is 4. The topological polar surface area (TPSA) is 88.0 Å². The van der Waals surface area contributed by atoms with E-state index in [1.165, 1.54) is 11.6 Å². The molecule has 8 heteroatoms. The zero-order valence-electron chi connectivity index (χ0n) is 24.2. The summed E-state index contributed by atoms with van der Waals surface area (Å²) >= 11 is 1.04. The molecule has 1 atom stereocenters. The second-order valence-corrected chi connectivity index (χ2v) is 13.0. The van der Waals surface area contributed by atoms with Crippen molar-refractivity contribution in [1.82, 2.24) is 0 Å². The molecule has 1 aromatic heterocycles. The maximum Gasteiger partial charge on any atom is 0.290 e. The lowest BCUT2D eigenvalue weighted by Crippen LogP contribution is -2.20. The molecule has 0 aliphatic heterocycles. The van der Waals surface area contributed by atoms with Crippen molar-refractivity contribution < 1.29 is 23.0 Å². The van der Waals surface area contributed by atoms with Crippen LogP contribution in [-0.4, -0.2) is 27.5 Å². The van der Waals surface area contributed by atoms with E-state index in [1.54, 1.807) is 11.4 Å². The van der Waals surface area contributed by atoms with Gasteiger partial charge >= 0.3 is 0 Å². The number of ether oxygens (including phenoxy) is 2. The van der Waals surface area contributed by atoms with Gasteiger partial charge < -0.3 is 14.6 Å². The van der Waals surface area contributed by atoms with Crippen LogP contribution in [0.3, 0.4) is 0 Å². The van der Waals surface area contributed by atoms with Crippen LogP contribution in [0, 0.1) is 0 Å². The van der Waals surface area contributed by atoms with E-state index in [4.69, 9.17) is 9.47 Å². The molecule has 0 amide bonds. The Hall–Kier alpha value is -4.24. The van der Waals surface area contributed by atoms with E-state index in [1.807, 2.05) is 72.8 Å². The number of aryl methyl sites for hydroxylation is 2. The molecule has 0 saturated heterocycles. The molecule has 0 aliphatic rings. The first-order valence-electron chi connectivity index (χ1n) is 14.5. The monoisotopic (exact) mass is 624 g/mol. The molecular formula is C36H34NO5S2-. The molecule has 0 aliphatic carbocycles. The van der Waals surface area contributed by atoms with Crippen LogP contribution in [0.2, 0.25) is 0 Å². The Morgan fingerprint density at radius 3 is 2.34 bits per heavy atom. The lowest BCUT2D eigenvalue weighted by molar-refractivity contribution is -0.218. The van der Waals surface area contributed by atoms with Gasteiger partial charge in [-0.2, -0.15) is 12.8 Å². The Bertz CT molecular complexity index is 1740. The van der Waals surface area contributed by atoms with Gasteiger partial charge in [-0.25, -0.2) is 0 Å². The molecular weight excluding hydrogens is 591 g/mol. The largest absolute Gasteiger partial charge is 0.861 e. The summed E-state index contributed by atoms with van der Waals surface area (Å²) in [5, 5.41) is 14.1. The Kier molecular flexibility index (Phi) is 11.0. The van der Waals surface area contributed by atoms with Gasteiger partial charge in [-0.1, -0.05) is 103 Å². The van der Waals surface area contributed by atoms with Crippen LogP contribution in [0.5, 0.6) is 5.75 Å². The molecule has 0 fully saturated rings. The fourth-order valence-electron chi connectivity index (χ4n) is 4.88. The number of rotatable bonds is 15. The minimum atomic E-state index is -3.98. The summed E-state index contributed by atoms with van der Waals surface area (Å²) in [4.78, 5) is 0. The average molecular weight is 625 g/mol. The van der Waals surface area contributed by atoms with Crippen molar-refractivity contribution in [3.8, 4) is 16.9 Å². The van der Waals surface area contributed by atoms with Crippen molar-refractivity contribution in [2.45, 2.75) is 36.0 Å². The Morgan fingerprint density at radius 2 is 1.57 bits per heavy atom. The highest BCUT2D eigenvalue weighted by atomic mass is 32.2. The number of sulfonamides is 1. The summed E-state index contributed by atoms with van der Waals surface area (Å²) < 4.78 is 40.9. The van der Waals surface area contributed by atoms with Crippen LogP contribution in [0.15, 0.2) is 135 Å². The van der Waals surface area contributed by atoms with Gasteiger partial charge in [0.05, 0.1) is 0 Å². The number of hydrogen-bond donors (Lipinski definition) is 0. The lowest BCUT2D eigenvalue weighted by Gasteiger charge is -2.20. The van der Waals surface area contributed by atoms with Crippen molar-refractivity contribution >= 4 is 27.3 Å². The minimum Gasteiger partial charge on any atom is -0.861 e. The van der Waals surface area contributed by atoms with Gasteiger partial charge in [0.25, 0.3) is 10.0 Å². The molecule has 1 heterocycles. The van der Waals surface area contributed by atoms with Gasteiger partial charge in [-0.15, -0.1) is 11.3 Å². The highest BCUT2D eigenvalue weighted by Gasteiger charge is 2.15. The third-order valence-corrected chi connectivity index (χ3v) is 9.76. The molecule has 1 unspecified atom stereocenters. The molecule has 226 valence electrons. The fourth-order valence-corrected chi connectivity index (χ4v) is 6.79. The van der Waals surface area contributed by atoms with Crippen LogP contribution >= 0.6 is 11.3 Å². The Labute approximate surface area is 263 Å². The number of nitrogens with zero attached hydrogens (tertiary/aromatic N) is 1. The summed E-state index contributed by atoms with van der Waals surface area (Å²) in [6.45, 7) is 0.972. The molecule has 0 N–H and O–H groups in total. The van der Waals surface area contributed by atoms with Gasteiger partial charge in [-0.3, -0.25) is 0 Å². The van der Waals surface area contributed by atoms with E-state index >= 15 is 0 Å². The van der Waals surface area contributed by atoms with Crippen molar-refractivity contribution in [3.05, 3.63) is 143 Å². The molecule has 0 spiro atoms. The van der Waals surface area contributed by atoms with Gasteiger partial charge in [0.2, 0.25) is 0 Å². The van der Waals surface area contributed by atoms with Crippen molar-refractivity contribution in [2.24, 2.45) is 4.40 Å². The maximum absolute atomic E-state index is 12.5. The summed E-state index contributed by atoms with van der Waals surface area (Å²) in [6.07, 6.45) is 1.99. The van der Waals surface area contributed by atoms with Gasteiger partial charge in [0, 0.05) is 6.61 Å². The second-order valence-electron chi connectivity index (χ2n) is 10.2. The van der Waals surface area contributed by atoms with E-state index in [2.05, 4.69) is 40.8 Å². The Morgan fingerprint density at radius 1 is 0.818 bits per heavy atom. The van der Waals surface area contributed by atoms with Crippen LogP contribution in [0.25, 0.3) is 11.1 Å². The highest BCUT2D eigenvalue weighted by Crippen LogP contribution is 2.29.